The van der Waals surface area contributed by atoms with E-state index in [0.29, 0.717) is 0 Å². The topological polar surface area (TPSA) is 41.1 Å². The summed E-state index contributed by atoms with van der Waals surface area (Å²) in [5, 5.41) is 9.41. The Hall–Kier alpha value is -1.03. The Balaban J connectivity index is 2.13. The van der Waals surface area contributed by atoms with E-state index in [-0.39, 0.29) is 12.1 Å². The molecule has 0 spiro atoms. The molecule has 1 amide bonds. The molecule has 1 atom stereocenters. The molecule has 2 N–H and O–H groups in total. The summed E-state index contributed by atoms with van der Waals surface area (Å²) in [5.41, 5.74) is 1.89. The second-order valence-electron chi connectivity index (χ2n) is 3.94. The Kier molecular flexibility index (Phi) is 2.95. The van der Waals surface area contributed by atoms with Crippen LogP contribution < -0.4 is 10.6 Å². The standard InChI is InChI=1S/C11H16N2OS/c1-3-4-5-8-12-10(14)9-7(2)6-15-11(9)13-8/h6,8,13H,3-5H2,1-2H3,(H,12,14). The van der Waals surface area contributed by atoms with Gasteiger partial charge < -0.3 is 10.6 Å². The van der Waals surface area contributed by atoms with E-state index in [2.05, 4.69) is 17.6 Å². The Morgan fingerprint density at radius 2 is 2.27 bits per heavy atom. The lowest BCUT2D eigenvalue weighted by molar-refractivity contribution is 0.0934. The minimum atomic E-state index is 0.0728. The summed E-state index contributed by atoms with van der Waals surface area (Å²) in [6, 6.07) is 0. The second kappa shape index (κ2) is 4.23. The first-order valence-electron chi connectivity index (χ1n) is 5.38. The summed E-state index contributed by atoms with van der Waals surface area (Å²) in [7, 11) is 0. The second-order valence-corrected chi connectivity index (χ2v) is 4.82. The van der Waals surface area contributed by atoms with E-state index in [9.17, 15) is 4.79 Å². The van der Waals surface area contributed by atoms with Crippen LogP contribution in [0.3, 0.4) is 0 Å². The fraction of sp³-hybridized carbons (Fsp3) is 0.545. The Morgan fingerprint density at radius 3 is 3.00 bits per heavy atom. The summed E-state index contributed by atoms with van der Waals surface area (Å²) in [6.45, 7) is 4.13. The minimum absolute atomic E-state index is 0.0728. The zero-order valence-electron chi connectivity index (χ0n) is 9.09. The molecule has 1 aliphatic rings. The van der Waals surface area contributed by atoms with E-state index in [4.69, 9.17) is 0 Å². The van der Waals surface area contributed by atoms with Crippen molar-refractivity contribution in [3.63, 3.8) is 0 Å². The van der Waals surface area contributed by atoms with E-state index >= 15 is 0 Å². The highest BCUT2D eigenvalue weighted by molar-refractivity contribution is 7.14. The smallest absolute Gasteiger partial charge is 0.256 e. The van der Waals surface area contributed by atoms with Crippen LogP contribution in [0.15, 0.2) is 5.38 Å². The van der Waals surface area contributed by atoms with Gasteiger partial charge in [-0.2, -0.15) is 0 Å². The summed E-state index contributed by atoms with van der Waals surface area (Å²) in [4.78, 5) is 11.8. The van der Waals surface area contributed by atoms with Gasteiger partial charge in [-0.25, -0.2) is 0 Å². The number of unbranched alkanes of at least 4 members (excludes halogenated alkanes) is 1. The molecule has 1 unspecified atom stereocenters. The predicted molar refractivity (Wildman–Crippen MR) is 63.5 cm³/mol. The normalized spacial score (nSPS) is 19.3. The van der Waals surface area contributed by atoms with Gasteiger partial charge in [0.05, 0.1) is 11.7 Å². The highest BCUT2D eigenvalue weighted by Gasteiger charge is 2.25. The van der Waals surface area contributed by atoms with Crippen molar-refractivity contribution in [2.24, 2.45) is 0 Å². The molecule has 4 heteroatoms. The van der Waals surface area contributed by atoms with Gasteiger partial charge in [-0.1, -0.05) is 13.3 Å². The number of fused-ring (bicyclic) bond motifs is 1. The highest BCUT2D eigenvalue weighted by Crippen LogP contribution is 2.31. The van der Waals surface area contributed by atoms with Gasteiger partial charge in [-0.3, -0.25) is 4.79 Å². The third-order valence-electron chi connectivity index (χ3n) is 2.66. The maximum atomic E-state index is 11.8. The number of thiophene rings is 1. The van der Waals surface area contributed by atoms with Crippen LogP contribution in [0.1, 0.15) is 42.1 Å². The Morgan fingerprint density at radius 1 is 1.47 bits per heavy atom. The lowest BCUT2D eigenvalue weighted by atomic mass is 10.1. The van der Waals surface area contributed by atoms with Gasteiger partial charge in [0.15, 0.2) is 0 Å². The molecule has 0 bridgehead atoms. The average molecular weight is 224 g/mol. The number of carbonyl (C=O) groups excluding carboxylic acids is 1. The molecule has 0 saturated carbocycles. The van der Waals surface area contributed by atoms with E-state index in [0.717, 1.165) is 35.4 Å². The van der Waals surface area contributed by atoms with Crippen molar-refractivity contribution < 1.29 is 4.79 Å². The van der Waals surface area contributed by atoms with Gasteiger partial charge in [0.25, 0.3) is 5.91 Å². The molecule has 1 aliphatic heterocycles. The van der Waals surface area contributed by atoms with Crippen molar-refractivity contribution in [3.05, 3.63) is 16.5 Å². The number of hydrogen-bond donors (Lipinski definition) is 2. The summed E-state index contributed by atoms with van der Waals surface area (Å²) < 4.78 is 0. The third kappa shape index (κ3) is 2.00. The Bertz CT molecular complexity index is 373. The first kappa shape index (κ1) is 10.5. The predicted octanol–water partition coefficient (Wildman–Crippen LogP) is 2.73. The average Bonchev–Trinajstić information content (AvgIpc) is 2.58. The molecule has 0 radical (unpaired) electrons. The quantitative estimate of drug-likeness (QED) is 0.829. The number of hydrogen-bond acceptors (Lipinski definition) is 3. The number of aryl methyl sites for hydroxylation is 1. The zero-order chi connectivity index (χ0) is 10.8. The fourth-order valence-electron chi connectivity index (χ4n) is 1.81. The van der Waals surface area contributed by atoms with Crippen LogP contribution in [0, 0.1) is 6.92 Å². The van der Waals surface area contributed by atoms with Crippen molar-refractivity contribution in [3.8, 4) is 0 Å². The molecule has 0 aliphatic carbocycles. The van der Waals surface area contributed by atoms with Crippen molar-refractivity contribution in [2.45, 2.75) is 39.3 Å². The fourth-order valence-corrected chi connectivity index (χ4v) is 2.80. The number of rotatable bonds is 3. The Labute approximate surface area is 93.9 Å². The largest absolute Gasteiger partial charge is 0.356 e. The minimum Gasteiger partial charge on any atom is -0.356 e. The molecule has 3 nitrogen and oxygen atoms in total. The van der Waals surface area contributed by atoms with Crippen LogP contribution in [-0.4, -0.2) is 12.1 Å². The zero-order valence-corrected chi connectivity index (χ0v) is 9.91. The molecule has 0 fully saturated rings. The van der Waals surface area contributed by atoms with Crippen LogP contribution in [0.2, 0.25) is 0 Å². The third-order valence-corrected chi connectivity index (χ3v) is 3.69. The van der Waals surface area contributed by atoms with Crippen molar-refractivity contribution in [1.29, 1.82) is 0 Å². The maximum Gasteiger partial charge on any atom is 0.256 e. The molecular formula is C11H16N2OS. The summed E-state index contributed by atoms with van der Waals surface area (Å²) >= 11 is 1.62. The van der Waals surface area contributed by atoms with Crippen LogP contribution in [0.5, 0.6) is 0 Å². The van der Waals surface area contributed by atoms with Gasteiger partial charge >= 0.3 is 0 Å². The number of carbonyl (C=O) groups is 1. The maximum absolute atomic E-state index is 11.8. The lowest BCUT2D eigenvalue weighted by Gasteiger charge is -2.25. The SMILES string of the molecule is CCCCC1NC(=O)c2c(C)csc2N1. The van der Waals surface area contributed by atoms with Gasteiger partial charge in [0, 0.05) is 0 Å². The number of anilines is 1. The lowest BCUT2D eigenvalue weighted by Crippen LogP contribution is -2.44. The molecule has 82 valence electrons. The van der Waals surface area contributed by atoms with Crippen molar-refractivity contribution in [2.75, 3.05) is 5.32 Å². The van der Waals surface area contributed by atoms with E-state index < -0.39 is 0 Å². The number of nitrogens with one attached hydrogen (secondary N) is 2. The molecule has 1 aromatic heterocycles. The molecular weight excluding hydrogens is 208 g/mol. The highest BCUT2D eigenvalue weighted by atomic mass is 32.1. The summed E-state index contributed by atoms with van der Waals surface area (Å²) in [6.07, 6.45) is 3.41. The van der Waals surface area contributed by atoms with E-state index in [1.807, 2.05) is 12.3 Å². The van der Waals surface area contributed by atoms with E-state index in [1.165, 1.54) is 0 Å². The van der Waals surface area contributed by atoms with Crippen LogP contribution in [0.4, 0.5) is 5.00 Å². The van der Waals surface area contributed by atoms with Crippen molar-refractivity contribution in [1.82, 2.24) is 5.32 Å². The molecule has 1 aromatic rings. The number of amides is 1. The summed E-state index contributed by atoms with van der Waals surface area (Å²) in [5.74, 6) is 0.0728. The molecule has 2 rings (SSSR count). The van der Waals surface area contributed by atoms with Crippen LogP contribution in [0.25, 0.3) is 0 Å². The van der Waals surface area contributed by atoms with Crippen molar-refractivity contribution >= 4 is 22.2 Å². The molecule has 15 heavy (non-hydrogen) atoms. The van der Waals surface area contributed by atoms with Crippen LogP contribution in [-0.2, 0) is 0 Å². The van der Waals surface area contributed by atoms with Crippen LogP contribution >= 0.6 is 11.3 Å². The molecule has 0 aromatic carbocycles. The first-order valence-corrected chi connectivity index (χ1v) is 6.25. The van der Waals surface area contributed by atoms with Gasteiger partial charge in [0.2, 0.25) is 0 Å². The monoisotopic (exact) mass is 224 g/mol. The molecule has 0 saturated heterocycles. The van der Waals surface area contributed by atoms with Gasteiger partial charge in [0.1, 0.15) is 5.00 Å². The first-order chi connectivity index (χ1) is 7.22. The van der Waals surface area contributed by atoms with E-state index in [1.54, 1.807) is 11.3 Å². The van der Waals surface area contributed by atoms with Gasteiger partial charge in [-0.15, -0.1) is 11.3 Å². The van der Waals surface area contributed by atoms with Gasteiger partial charge in [-0.05, 0) is 30.7 Å². The molecule has 2 heterocycles.